The number of rotatable bonds is 8. The predicted octanol–water partition coefficient (Wildman–Crippen LogP) is 7.42. The highest BCUT2D eigenvalue weighted by Crippen LogP contribution is 2.40. The van der Waals surface area contributed by atoms with Gasteiger partial charge in [-0.2, -0.15) is 0 Å². The molecule has 0 spiro atoms. The molecule has 1 unspecified atom stereocenters. The summed E-state index contributed by atoms with van der Waals surface area (Å²) in [6.07, 6.45) is 2.51. The van der Waals surface area contributed by atoms with Gasteiger partial charge >= 0.3 is 5.97 Å². The summed E-state index contributed by atoms with van der Waals surface area (Å²) in [7, 11) is 0. The van der Waals surface area contributed by atoms with E-state index >= 15 is 0 Å². The summed E-state index contributed by atoms with van der Waals surface area (Å²) in [5.41, 5.74) is 2.17. The Balaban J connectivity index is 1.85. The van der Waals surface area contributed by atoms with Crippen LogP contribution in [-0.2, 0) is 9.53 Å². The number of esters is 1. The molecule has 0 bridgehead atoms. The first-order chi connectivity index (χ1) is 14.1. The lowest BCUT2D eigenvalue weighted by Gasteiger charge is -2.18. The second kappa shape index (κ2) is 10.9. The summed E-state index contributed by atoms with van der Waals surface area (Å²) >= 11 is 3.45. The van der Waals surface area contributed by atoms with Crippen molar-refractivity contribution in [3.63, 3.8) is 0 Å². The summed E-state index contributed by atoms with van der Waals surface area (Å²) in [6, 6.07) is 28.7. The van der Waals surface area contributed by atoms with Crippen molar-refractivity contribution in [2.45, 2.75) is 36.2 Å². The molecule has 0 radical (unpaired) electrons. The highest BCUT2D eigenvalue weighted by atomic mass is 32.2. The van der Waals surface area contributed by atoms with E-state index < -0.39 is 0 Å². The fourth-order valence-electron chi connectivity index (χ4n) is 2.90. The maximum atomic E-state index is 11.7. The Kier molecular flexibility index (Phi) is 8.03. The largest absolute Gasteiger partial charge is 0.457 e. The second-order valence-electron chi connectivity index (χ2n) is 6.54. The molecule has 0 heterocycles. The quantitative estimate of drug-likeness (QED) is 0.280. The zero-order valence-corrected chi connectivity index (χ0v) is 18.2. The average Bonchev–Trinajstić information content (AvgIpc) is 2.73. The molecule has 0 N–H and O–H groups in total. The molecule has 29 heavy (non-hydrogen) atoms. The minimum Gasteiger partial charge on any atom is -0.457 e. The molecule has 0 amide bonds. The third-order valence-electron chi connectivity index (χ3n) is 4.27. The van der Waals surface area contributed by atoms with Gasteiger partial charge in [0, 0.05) is 27.4 Å². The number of carbonyl (C=O) groups is 1. The summed E-state index contributed by atoms with van der Waals surface area (Å²) in [6.45, 7) is 3.52. The Morgan fingerprint density at radius 1 is 0.862 bits per heavy atom. The van der Waals surface area contributed by atoms with Gasteiger partial charge in [-0.3, -0.25) is 4.79 Å². The van der Waals surface area contributed by atoms with Crippen molar-refractivity contribution < 1.29 is 9.53 Å². The molecule has 0 aliphatic heterocycles. The molecule has 2 nitrogen and oxygen atoms in total. The zero-order chi connectivity index (χ0) is 20.5. The average molecular weight is 421 g/mol. The zero-order valence-electron chi connectivity index (χ0n) is 16.6. The van der Waals surface area contributed by atoms with E-state index in [1.807, 2.05) is 67.6 Å². The molecule has 0 saturated carbocycles. The van der Waals surface area contributed by atoms with Crippen molar-refractivity contribution in [3.8, 4) is 0 Å². The van der Waals surface area contributed by atoms with Gasteiger partial charge in [-0.25, -0.2) is 0 Å². The third-order valence-corrected chi connectivity index (χ3v) is 6.52. The van der Waals surface area contributed by atoms with E-state index in [-0.39, 0.29) is 12.1 Å². The van der Waals surface area contributed by atoms with Crippen LogP contribution in [-0.4, -0.2) is 5.97 Å². The summed E-state index contributed by atoms with van der Waals surface area (Å²) in [5.74, 6) is -0.264. The molecule has 3 rings (SSSR count). The Hall–Kier alpha value is -2.43. The number of benzene rings is 3. The van der Waals surface area contributed by atoms with Gasteiger partial charge in [0.25, 0.3) is 0 Å². The van der Waals surface area contributed by atoms with Crippen molar-refractivity contribution in [1.82, 2.24) is 0 Å². The van der Waals surface area contributed by atoms with Gasteiger partial charge in [0.05, 0.1) is 0 Å². The van der Waals surface area contributed by atoms with Crippen LogP contribution in [0.3, 0.4) is 0 Å². The van der Waals surface area contributed by atoms with Gasteiger partial charge in [-0.05, 0) is 42.3 Å². The molecule has 148 valence electrons. The smallest absolute Gasteiger partial charge is 0.303 e. The number of hydrogen-bond donors (Lipinski definition) is 0. The predicted molar refractivity (Wildman–Crippen MR) is 123 cm³/mol. The third kappa shape index (κ3) is 6.84. The minimum absolute atomic E-state index is 0.264. The Labute approximate surface area is 181 Å². The summed E-state index contributed by atoms with van der Waals surface area (Å²) in [5, 5.41) is 0. The van der Waals surface area contributed by atoms with Gasteiger partial charge in [0.1, 0.15) is 6.10 Å². The molecule has 3 aromatic carbocycles. The van der Waals surface area contributed by atoms with Gasteiger partial charge in [-0.1, -0.05) is 90.3 Å². The van der Waals surface area contributed by atoms with Crippen molar-refractivity contribution >= 4 is 29.5 Å². The fraction of sp³-hybridized carbons (Fsp3) is 0.160. The van der Waals surface area contributed by atoms with E-state index in [2.05, 4.69) is 30.3 Å². The number of carbonyl (C=O) groups excluding carboxylic acids is 1. The monoisotopic (exact) mass is 420 g/mol. The van der Waals surface area contributed by atoms with E-state index in [1.165, 1.54) is 16.7 Å². The summed E-state index contributed by atoms with van der Waals surface area (Å²) < 4.78 is 6.83. The van der Waals surface area contributed by atoms with Gasteiger partial charge in [0.15, 0.2) is 0 Å². The van der Waals surface area contributed by atoms with Crippen LogP contribution in [0.25, 0.3) is 0 Å². The van der Waals surface area contributed by atoms with Crippen molar-refractivity contribution in [1.29, 1.82) is 0 Å². The number of ether oxygens (including phenoxy) is 1. The van der Waals surface area contributed by atoms with Crippen molar-refractivity contribution in [2.75, 3.05) is 0 Å². The molecule has 0 fully saturated rings. The topological polar surface area (TPSA) is 26.3 Å². The number of aryl methyl sites for hydroxylation is 1. The molecule has 0 aliphatic carbocycles. The highest BCUT2D eigenvalue weighted by Gasteiger charge is 2.16. The Bertz CT molecular complexity index is 909. The lowest BCUT2D eigenvalue weighted by atomic mass is 10.0. The van der Waals surface area contributed by atoms with Crippen LogP contribution >= 0.6 is 23.5 Å². The molecule has 0 aromatic heterocycles. The van der Waals surface area contributed by atoms with Crippen molar-refractivity contribution in [3.05, 3.63) is 106 Å². The molecular formula is C25H24O2S2. The minimum atomic E-state index is -0.295. The first-order valence-corrected chi connectivity index (χ1v) is 11.1. The van der Waals surface area contributed by atoms with E-state index in [0.29, 0.717) is 6.42 Å². The lowest BCUT2D eigenvalue weighted by molar-refractivity contribution is -0.146. The highest BCUT2D eigenvalue weighted by molar-refractivity contribution is 8.22. The van der Waals surface area contributed by atoms with Crippen LogP contribution in [0.5, 0.6) is 0 Å². The first kappa shape index (κ1) is 21.3. The van der Waals surface area contributed by atoms with Crippen LogP contribution in [0, 0.1) is 6.92 Å². The summed E-state index contributed by atoms with van der Waals surface area (Å²) in [4.78, 5) is 14.1. The maximum absolute atomic E-state index is 11.7. The molecule has 0 saturated heterocycles. The van der Waals surface area contributed by atoms with Gasteiger partial charge in [0.2, 0.25) is 0 Å². The first-order valence-electron chi connectivity index (χ1n) is 9.50. The molecule has 3 aromatic rings. The van der Waals surface area contributed by atoms with E-state index in [0.717, 1.165) is 15.4 Å². The maximum Gasteiger partial charge on any atom is 0.303 e. The van der Waals surface area contributed by atoms with Gasteiger partial charge < -0.3 is 4.74 Å². The van der Waals surface area contributed by atoms with E-state index in [1.54, 1.807) is 23.5 Å². The number of thioether (sulfide) groups is 2. The van der Waals surface area contributed by atoms with E-state index in [9.17, 15) is 4.79 Å². The van der Waals surface area contributed by atoms with Crippen molar-refractivity contribution in [2.24, 2.45) is 0 Å². The normalized spacial score (nSPS) is 11.5. The molecular weight excluding hydrogens is 396 g/mol. The molecule has 1 atom stereocenters. The lowest BCUT2D eigenvalue weighted by Crippen LogP contribution is -2.09. The van der Waals surface area contributed by atoms with Crippen LogP contribution in [0.4, 0.5) is 0 Å². The molecule has 0 aliphatic rings. The standard InChI is InChI=1S/C25H24O2S2/c1-19-11-9-10-16-23(19)24(27-20(2)26)17-18-25(28-21-12-5-3-6-13-21)29-22-14-7-4-8-15-22/h3-16,18,24H,17H2,1-2H3. The van der Waals surface area contributed by atoms with Crippen LogP contribution < -0.4 is 0 Å². The molecule has 4 heteroatoms. The Morgan fingerprint density at radius 3 is 1.90 bits per heavy atom. The SMILES string of the molecule is CC(=O)OC(CC=C(Sc1ccccc1)Sc1ccccc1)c1ccccc1C. The fourth-order valence-corrected chi connectivity index (χ4v) is 5.06. The van der Waals surface area contributed by atoms with Gasteiger partial charge in [-0.15, -0.1) is 0 Å². The van der Waals surface area contributed by atoms with Crippen LogP contribution in [0.15, 0.2) is 105 Å². The second-order valence-corrected chi connectivity index (χ2v) is 9.03. The van der Waals surface area contributed by atoms with Crippen LogP contribution in [0.2, 0.25) is 0 Å². The number of hydrogen-bond acceptors (Lipinski definition) is 4. The van der Waals surface area contributed by atoms with Crippen LogP contribution in [0.1, 0.15) is 30.6 Å². The Morgan fingerprint density at radius 2 is 1.38 bits per heavy atom. The van der Waals surface area contributed by atoms with E-state index in [4.69, 9.17) is 4.74 Å².